The molecule has 3 aliphatic rings. The Morgan fingerprint density at radius 1 is 1.16 bits per heavy atom. The Labute approximate surface area is 186 Å². The van der Waals surface area contributed by atoms with Gasteiger partial charge in [-0.25, -0.2) is 18.4 Å². The second-order valence-corrected chi connectivity index (χ2v) is 12.1. The number of hydrogen-bond acceptors (Lipinski definition) is 7. The molecule has 3 aromatic rings. The predicted octanol–water partition coefficient (Wildman–Crippen LogP) is 3.03. The Bertz CT molecular complexity index is 1310. The number of sulfone groups is 1. The molecule has 9 heteroatoms. The molecule has 0 amide bonds. The minimum Gasteiger partial charge on any atom is -0.486 e. The van der Waals surface area contributed by atoms with Crippen molar-refractivity contribution in [3.63, 3.8) is 0 Å². The van der Waals surface area contributed by atoms with Gasteiger partial charge in [0.2, 0.25) is 0 Å². The molecule has 1 unspecified atom stereocenters. The number of aromatic nitrogens is 3. The van der Waals surface area contributed by atoms with Crippen molar-refractivity contribution in [3.05, 3.63) is 36.2 Å². The number of benzene rings is 1. The highest BCUT2D eigenvalue weighted by Gasteiger charge is 2.50. The molecule has 0 spiro atoms. The topological polar surface area (TPSA) is 97.4 Å². The van der Waals surface area contributed by atoms with Crippen LogP contribution in [0.2, 0.25) is 0 Å². The van der Waals surface area contributed by atoms with E-state index in [1.807, 2.05) is 30.5 Å². The molecular formula is C23H26N4O4S. The molecule has 168 valence electrons. The Morgan fingerprint density at radius 2 is 2.00 bits per heavy atom. The van der Waals surface area contributed by atoms with Crippen molar-refractivity contribution in [3.8, 4) is 17.1 Å². The van der Waals surface area contributed by atoms with E-state index in [9.17, 15) is 8.42 Å². The number of nitrogens with one attached hydrogen (secondary N) is 1. The summed E-state index contributed by atoms with van der Waals surface area (Å²) < 4.78 is 37.5. The van der Waals surface area contributed by atoms with Crippen molar-refractivity contribution in [1.82, 2.24) is 15.0 Å². The maximum Gasteiger partial charge on any atom is 0.185 e. The van der Waals surface area contributed by atoms with Gasteiger partial charge in [-0.05, 0) is 38.8 Å². The fourth-order valence-electron chi connectivity index (χ4n) is 4.76. The second kappa shape index (κ2) is 6.92. The molecular weight excluding hydrogens is 428 g/mol. The number of hydrogen-bond donors (Lipinski definition) is 1. The van der Waals surface area contributed by atoms with Gasteiger partial charge in [0.25, 0.3) is 0 Å². The molecule has 1 atom stereocenters. The van der Waals surface area contributed by atoms with Gasteiger partial charge in [0.15, 0.2) is 27.2 Å². The zero-order valence-electron chi connectivity index (χ0n) is 18.2. The van der Waals surface area contributed by atoms with Crippen molar-refractivity contribution in [1.29, 1.82) is 0 Å². The monoisotopic (exact) mass is 454 g/mol. The molecule has 1 saturated carbocycles. The molecule has 0 bridgehead atoms. The van der Waals surface area contributed by atoms with E-state index in [4.69, 9.17) is 19.4 Å². The van der Waals surface area contributed by atoms with E-state index in [0.29, 0.717) is 62.3 Å². The highest BCUT2D eigenvalue weighted by molar-refractivity contribution is 7.93. The maximum absolute atomic E-state index is 13.4. The van der Waals surface area contributed by atoms with E-state index in [-0.39, 0.29) is 11.3 Å². The summed E-state index contributed by atoms with van der Waals surface area (Å²) in [5.41, 5.74) is 2.29. The number of rotatable bonds is 4. The van der Waals surface area contributed by atoms with E-state index in [1.54, 1.807) is 13.8 Å². The first-order valence-corrected chi connectivity index (χ1v) is 12.6. The fraction of sp³-hybridized carbons (Fsp3) is 0.478. The third-order valence-electron chi connectivity index (χ3n) is 6.85. The van der Waals surface area contributed by atoms with Gasteiger partial charge in [-0.1, -0.05) is 12.1 Å². The number of anilines is 1. The summed E-state index contributed by atoms with van der Waals surface area (Å²) in [4.78, 5) is 15.2. The lowest BCUT2D eigenvalue weighted by Gasteiger charge is -2.41. The predicted molar refractivity (Wildman–Crippen MR) is 122 cm³/mol. The summed E-state index contributed by atoms with van der Waals surface area (Å²) in [6.45, 7) is 5.77. The minimum atomic E-state index is -3.43. The SMILES string of the molecule is CC(C)(c1nc(-c2cccc3[nH]ccc23)nc2c1OCC1COCCN21)S(=O)(=O)C1CC1. The van der Waals surface area contributed by atoms with Crippen LogP contribution in [0, 0.1) is 0 Å². The lowest BCUT2D eigenvalue weighted by Crippen LogP contribution is -2.52. The third kappa shape index (κ3) is 2.87. The molecule has 1 saturated heterocycles. The molecule has 1 aromatic carbocycles. The lowest BCUT2D eigenvalue weighted by molar-refractivity contribution is 0.0691. The third-order valence-corrected chi connectivity index (χ3v) is 9.81. The molecule has 1 aliphatic carbocycles. The van der Waals surface area contributed by atoms with Crippen molar-refractivity contribution < 1.29 is 17.9 Å². The van der Waals surface area contributed by atoms with Crippen LogP contribution in [-0.2, 0) is 19.3 Å². The summed E-state index contributed by atoms with van der Waals surface area (Å²) in [5, 5.41) is 0.691. The number of aromatic amines is 1. The Balaban J connectivity index is 1.60. The molecule has 0 radical (unpaired) electrons. The van der Waals surface area contributed by atoms with Gasteiger partial charge in [-0.15, -0.1) is 0 Å². The molecule has 32 heavy (non-hydrogen) atoms. The van der Waals surface area contributed by atoms with E-state index in [0.717, 1.165) is 16.5 Å². The largest absolute Gasteiger partial charge is 0.486 e. The first-order valence-electron chi connectivity index (χ1n) is 11.1. The quantitative estimate of drug-likeness (QED) is 0.647. The van der Waals surface area contributed by atoms with Gasteiger partial charge < -0.3 is 19.4 Å². The maximum atomic E-state index is 13.4. The fourth-order valence-corrected chi connectivity index (χ4v) is 6.75. The molecule has 2 aromatic heterocycles. The summed E-state index contributed by atoms with van der Waals surface area (Å²) >= 11 is 0. The normalized spacial score (nSPS) is 21.2. The summed E-state index contributed by atoms with van der Waals surface area (Å²) in [7, 11) is -3.43. The molecule has 2 fully saturated rings. The minimum absolute atomic E-state index is 0.0538. The first-order chi connectivity index (χ1) is 15.4. The van der Waals surface area contributed by atoms with Crippen molar-refractivity contribution in [2.24, 2.45) is 0 Å². The van der Waals surface area contributed by atoms with Crippen LogP contribution in [0.3, 0.4) is 0 Å². The van der Waals surface area contributed by atoms with Crippen LogP contribution in [0.4, 0.5) is 5.82 Å². The number of nitrogens with zero attached hydrogens (tertiary/aromatic N) is 3. The van der Waals surface area contributed by atoms with E-state index in [1.165, 1.54) is 0 Å². The Kier molecular flexibility index (Phi) is 4.32. The molecule has 8 nitrogen and oxygen atoms in total. The van der Waals surface area contributed by atoms with Crippen molar-refractivity contribution in [2.45, 2.75) is 42.7 Å². The van der Waals surface area contributed by atoms with Crippen LogP contribution in [0.25, 0.3) is 22.3 Å². The molecule has 6 rings (SSSR count). The summed E-state index contributed by atoms with van der Waals surface area (Å²) in [5.74, 6) is 1.66. The first kappa shape index (κ1) is 20.0. The zero-order valence-corrected chi connectivity index (χ0v) is 19.0. The average Bonchev–Trinajstić information content (AvgIpc) is 3.56. The van der Waals surface area contributed by atoms with E-state index in [2.05, 4.69) is 9.88 Å². The van der Waals surface area contributed by atoms with Gasteiger partial charge in [0, 0.05) is 29.2 Å². The highest BCUT2D eigenvalue weighted by atomic mass is 32.2. The van der Waals surface area contributed by atoms with Crippen LogP contribution in [-0.4, -0.2) is 61.0 Å². The smallest absolute Gasteiger partial charge is 0.185 e. The number of morpholine rings is 1. The van der Waals surface area contributed by atoms with Gasteiger partial charge in [0.1, 0.15) is 17.0 Å². The summed E-state index contributed by atoms with van der Waals surface area (Å²) in [6, 6.07) is 7.98. The summed E-state index contributed by atoms with van der Waals surface area (Å²) in [6.07, 6.45) is 3.30. The van der Waals surface area contributed by atoms with Gasteiger partial charge in [0.05, 0.1) is 24.5 Å². The van der Waals surface area contributed by atoms with Crippen LogP contribution < -0.4 is 9.64 Å². The lowest BCUT2D eigenvalue weighted by atomic mass is 10.0. The molecule has 1 N–H and O–H groups in total. The van der Waals surface area contributed by atoms with Crippen molar-refractivity contribution >= 4 is 26.6 Å². The van der Waals surface area contributed by atoms with Crippen LogP contribution >= 0.6 is 0 Å². The van der Waals surface area contributed by atoms with E-state index >= 15 is 0 Å². The number of ether oxygens (including phenoxy) is 2. The van der Waals surface area contributed by atoms with Gasteiger partial charge in [-0.2, -0.15) is 0 Å². The second-order valence-electron chi connectivity index (χ2n) is 9.28. The van der Waals surface area contributed by atoms with Crippen LogP contribution in [0.15, 0.2) is 30.5 Å². The van der Waals surface area contributed by atoms with Crippen LogP contribution in [0.1, 0.15) is 32.4 Å². The standard InChI is InChI=1S/C23H26N4O4S/c1-23(2,32(28,29)15-6-7-15)20-19-22(27-10-11-30-12-14(27)13-31-19)26-21(25-20)17-4-3-5-18-16(17)8-9-24-18/h3-5,8-9,14-15,24H,6-7,10-13H2,1-2H3. The van der Waals surface area contributed by atoms with Crippen LogP contribution in [0.5, 0.6) is 5.75 Å². The zero-order chi connectivity index (χ0) is 22.1. The number of H-pyrrole nitrogens is 1. The highest BCUT2D eigenvalue weighted by Crippen LogP contribution is 2.48. The van der Waals surface area contributed by atoms with Gasteiger partial charge >= 0.3 is 0 Å². The Morgan fingerprint density at radius 3 is 2.81 bits per heavy atom. The van der Waals surface area contributed by atoms with Gasteiger partial charge in [-0.3, -0.25) is 0 Å². The van der Waals surface area contributed by atoms with E-state index < -0.39 is 14.6 Å². The average molecular weight is 455 g/mol. The number of fused-ring (bicyclic) bond motifs is 4. The van der Waals surface area contributed by atoms with Crippen molar-refractivity contribution in [2.75, 3.05) is 31.3 Å². The molecule has 2 aliphatic heterocycles. The molecule has 4 heterocycles. The Hall–Kier alpha value is -2.65.